The minimum absolute atomic E-state index is 0.202. The lowest BCUT2D eigenvalue weighted by atomic mass is 10.0. The van der Waals surface area contributed by atoms with E-state index in [-0.39, 0.29) is 18.1 Å². The Morgan fingerprint density at radius 3 is 2.75 bits per heavy atom. The number of aliphatic carboxylic acids is 1. The number of thioether (sulfide) groups is 2. The van der Waals surface area contributed by atoms with Crippen molar-refractivity contribution in [3.63, 3.8) is 0 Å². The molecule has 0 radical (unpaired) electrons. The number of nitrogens with zero attached hydrogens (tertiary/aromatic N) is 2. The standard InChI is InChI=1S/C19H18N4O6S3/c1-8(24)29-4-10-6-31-17-13(16(26)23(17)14(10)18(27)28)22-15(25)12(9-2-3-30-5-9)11-7-32-19(20)21-11/h2-3,7,13,17H,4-6H2,1H3,(H2,20,21)(H,22,25)(H,27,28)/b12-9+/t13?,17-/m1/s1. The zero-order chi connectivity index (χ0) is 23.0. The molecule has 1 saturated heterocycles. The first-order valence-corrected chi connectivity index (χ1v) is 12.3. The number of aromatic nitrogens is 1. The second-order valence-corrected chi connectivity index (χ2v) is 9.87. The highest BCUT2D eigenvalue weighted by molar-refractivity contribution is 8.02. The molecule has 0 saturated carbocycles. The molecule has 13 heteroatoms. The van der Waals surface area contributed by atoms with Gasteiger partial charge in [-0.3, -0.25) is 19.3 Å². The zero-order valence-corrected chi connectivity index (χ0v) is 19.1. The number of hydrogen-bond acceptors (Lipinski definition) is 10. The van der Waals surface area contributed by atoms with Gasteiger partial charge in [0.15, 0.2) is 5.13 Å². The lowest BCUT2D eigenvalue weighted by molar-refractivity contribution is -0.150. The van der Waals surface area contributed by atoms with Crippen molar-refractivity contribution >= 4 is 69.3 Å². The van der Waals surface area contributed by atoms with E-state index < -0.39 is 35.2 Å². The van der Waals surface area contributed by atoms with E-state index in [1.54, 1.807) is 5.38 Å². The molecule has 2 amide bonds. The van der Waals surface area contributed by atoms with Crippen molar-refractivity contribution in [2.75, 3.05) is 23.8 Å². The Labute approximate surface area is 194 Å². The van der Waals surface area contributed by atoms with Gasteiger partial charge in [-0.15, -0.1) is 34.9 Å². The number of nitrogens with two attached hydrogens (primary N) is 1. The number of allylic oxidation sites excluding steroid dienone is 1. The summed E-state index contributed by atoms with van der Waals surface area (Å²) in [5.74, 6) is -1.99. The molecule has 0 bridgehead atoms. The number of carbonyl (C=O) groups excluding carboxylic acids is 3. The lowest BCUT2D eigenvalue weighted by Crippen LogP contribution is -2.70. The predicted octanol–water partition coefficient (Wildman–Crippen LogP) is 1.04. The molecule has 168 valence electrons. The molecule has 10 nitrogen and oxygen atoms in total. The third-order valence-corrected chi connectivity index (χ3v) is 7.74. The summed E-state index contributed by atoms with van der Waals surface area (Å²) >= 11 is 4.05. The number of carbonyl (C=O) groups is 4. The highest BCUT2D eigenvalue weighted by atomic mass is 32.2. The minimum Gasteiger partial charge on any atom is -0.477 e. The fraction of sp³-hybridized carbons (Fsp3) is 0.316. The van der Waals surface area contributed by atoms with Crippen molar-refractivity contribution in [1.82, 2.24) is 15.2 Å². The number of rotatable bonds is 6. The maximum absolute atomic E-state index is 13.2. The smallest absolute Gasteiger partial charge is 0.352 e. The molecular formula is C19H18N4O6S3. The van der Waals surface area contributed by atoms with Gasteiger partial charge in [0.1, 0.15) is 23.7 Å². The Balaban J connectivity index is 1.55. The highest BCUT2D eigenvalue weighted by Gasteiger charge is 2.54. The Morgan fingerprint density at radius 2 is 2.16 bits per heavy atom. The first-order valence-electron chi connectivity index (χ1n) is 9.34. The number of ether oxygens (including phenoxy) is 1. The second-order valence-electron chi connectivity index (χ2n) is 6.98. The quantitative estimate of drug-likeness (QED) is 0.297. The summed E-state index contributed by atoms with van der Waals surface area (Å²) in [5.41, 5.74) is 7.42. The SMILES string of the molecule is CC(=O)OCC1=C(C(=O)O)N2C(=O)C(NC(=O)/C(=C3\C=CSC3)c3csc(N)n3)[C@H]2SC1. The number of anilines is 1. The van der Waals surface area contributed by atoms with Crippen molar-refractivity contribution in [2.45, 2.75) is 18.3 Å². The molecule has 0 aliphatic carbocycles. The van der Waals surface area contributed by atoms with Crippen LogP contribution < -0.4 is 11.1 Å². The largest absolute Gasteiger partial charge is 0.477 e. The van der Waals surface area contributed by atoms with Crippen molar-refractivity contribution in [3.05, 3.63) is 39.4 Å². The Morgan fingerprint density at radius 1 is 1.38 bits per heavy atom. The van der Waals surface area contributed by atoms with Gasteiger partial charge in [-0.25, -0.2) is 9.78 Å². The summed E-state index contributed by atoms with van der Waals surface area (Å²) < 4.78 is 4.92. The first-order chi connectivity index (χ1) is 15.3. The topological polar surface area (TPSA) is 152 Å². The molecule has 0 spiro atoms. The van der Waals surface area contributed by atoms with Gasteiger partial charge in [0, 0.05) is 29.4 Å². The molecule has 2 atom stereocenters. The van der Waals surface area contributed by atoms with Gasteiger partial charge >= 0.3 is 11.9 Å². The van der Waals surface area contributed by atoms with E-state index in [0.717, 1.165) is 10.5 Å². The van der Waals surface area contributed by atoms with Crippen LogP contribution in [-0.4, -0.2) is 68.3 Å². The summed E-state index contributed by atoms with van der Waals surface area (Å²) in [4.78, 5) is 54.3. The molecule has 1 unspecified atom stereocenters. The number of carboxylic acids is 1. The van der Waals surface area contributed by atoms with Gasteiger partial charge in [0.05, 0.1) is 11.3 Å². The zero-order valence-electron chi connectivity index (χ0n) is 16.7. The van der Waals surface area contributed by atoms with Crippen LogP contribution in [0.2, 0.25) is 0 Å². The summed E-state index contributed by atoms with van der Waals surface area (Å²) in [6.45, 7) is 1.02. The Kier molecular flexibility index (Phi) is 6.31. The van der Waals surface area contributed by atoms with Crippen LogP contribution in [0.25, 0.3) is 5.57 Å². The minimum atomic E-state index is -1.29. The molecule has 1 fully saturated rings. The molecule has 3 aliphatic rings. The molecule has 1 aromatic rings. The second kappa shape index (κ2) is 9.00. The number of β-lactam (4-membered cyclic amide) rings is 1. The summed E-state index contributed by atoms with van der Waals surface area (Å²) in [6.07, 6.45) is 1.83. The van der Waals surface area contributed by atoms with Crippen LogP contribution in [0.5, 0.6) is 0 Å². The molecule has 4 heterocycles. The van der Waals surface area contributed by atoms with Crippen LogP contribution in [0, 0.1) is 0 Å². The van der Waals surface area contributed by atoms with E-state index in [0.29, 0.717) is 27.7 Å². The van der Waals surface area contributed by atoms with E-state index >= 15 is 0 Å². The van der Waals surface area contributed by atoms with E-state index in [4.69, 9.17) is 10.5 Å². The average molecular weight is 495 g/mol. The molecule has 3 aliphatic heterocycles. The maximum atomic E-state index is 13.2. The number of nitrogens with one attached hydrogen (secondary N) is 1. The van der Waals surface area contributed by atoms with Crippen molar-refractivity contribution in [1.29, 1.82) is 0 Å². The lowest BCUT2D eigenvalue weighted by Gasteiger charge is -2.49. The molecule has 4 N–H and O–H groups in total. The van der Waals surface area contributed by atoms with Crippen molar-refractivity contribution < 1.29 is 29.0 Å². The molecule has 4 rings (SSSR count). The van der Waals surface area contributed by atoms with E-state index in [1.807, 2.05) is 11.5 Å². The number of carboxylic acid groups (broad SMARTS) is 1. The van der Waals surface area contributed by atoms with E-state index in [9.17, 15) is 24.3 Å². The number of hydrogen-bond donors (Lipinski definition) is 3. The normalized spacial score (nSPS) is 23.5. The average Bonchev–Trinajstić information content (AvgIpc) is 3.42. The van der Waals surface area contributed by atoms with Crippen LogP contribution in [0.1, 0.15) is 12.6 Å². The van der Waals surface area contributed by atoms with Crippen LogP contribution in [0.15, 0.2) is 33.7 Å². The maximum Gasteiger partial charge on any atom is 0.352 e. The van der Waals surface area contributed by atoms with Crippen LogP contribution in [-0.2, 0) is 23.9 Å². The van der Waals surface area contributed by atoms with Gasteiger partial charge in [-0.2, -0.15) is 0 Å². The fourth-order valence-corrected chi connectivity index (χ4v) is 6.16. The van der Waals surface area contributed by atoms with E-state index in [1.165, 1.54) is 41.8 Å². The molecule has 1 aromatic heterocycles. The summed E-state index contributed by atoms with van der Waals surface area (Å²) in [6, 6.07) is -0.887. The molecular weight excluding hydrogens is 476 g/mol. The third kappa shape index (κ3) is 4.14. The van der Waals surface area contributed by atoms with Crippen molar-refractivity contribution in [2.24, 2.45) is 0 Å². The number of amides is 2. The Bertz CT molecular complexity index is 1110. The van der Waals surface area contributed by atoms with Crippen LogP contribution in [0.4, 0.5) is 5.13 Å². The van der Waals surface area contributed by atoms with Gasteiger partial charge in [-0.05, 0) is 11.0 Å². The number of nitrogen functional groups attached to an aromatic ring is 1. The number of fused-ring (bicyclic) bond motifs is 1. The Hall–Kier alpha value is -2.77. The monoisotopic (exact) mass is 494 g/mol. The summed E-state index contributed by atoms with van der Waals surface area (Å²) in [5, 5.41) is 15.7. The predicted molar refractivity (Wildman–Crippen MR) is 121 cm³/mol. The summed E-state index contributed by atoms with van der Waals surface area (Å²) in [7, 11) is 0. The first kappa shape index (κ1) is 22.4. The van der Waals surface area contributed by atoms with Crippen molar-refractivity contribution in [3.8, 4) is 0 Å². The van der Waals surface area contributed by atoms with E-state index in [2.05, 4.69) is 10.3 Å². The van der Waals surface area contributed by atoms with Gasteiger partial charge in [0.2, 0.25) is 0 Å². The number of esters is 1. The van der Waals surface area contributed by atoms with Crippen LogP contribution >= 0.6 is 34.9 Å². The number of thiazole rings is 1. The fourth-order valence-electron chi connectivity index (χ4n) is 3.50. The van der Waals surface area contributed by atoms with Gasteiger partial charge in [0.25, 0.3) is 11.8 Å². The van der Waals surface area contributed by atoms with Gasteiger partial charge < -0.3 is 20.9 Å². The molecule has 32 heavy (non-hydrogen) atoms. The van der Waals surface area contributed by atoms with Gasteiger partial charge in [-0.1, -0.05) is 6.08 Å². The third-order valence-electron chi connectivity index (χ3n) is 4.92. The molecule has 0 aromatic carbocycles. The highest BCUT2D eigenvalue weighted by Crippen LogP contribution is 2.41. The van der Waals surface area contributed by atoms with Crippen LogP contribution in [0.3, 0.4) is 0 Å².